The zero-order chi connectivity index (χ0) is 12.8. The Balaban J connectivity index is 3.06. The highest BCUT2D eigenvalue weighted by molar-refractivity contribution is 9.08. The van der Waals surface area contributed by atoms with Crippen LogP contribution >= 0.6 is 15.9 Å². The van der Waals surface area contributed by atoms with Gasteiger partial charge in [-0.1, -0.05) is 15.9 Å². The molecule has 0 aromatic heterocycles. The summed E-state index contributed by atoms with van der Waals surface area (Å²) in [6.45, 7) is 4.10. The van der Waals surface area contributed by atoms with Crippen molar-refractivity contribution < 1.29 is 9.53 Å². The summed E-state index contributed by atoms with van der Waals surface area (Å²) in [4.78, 5) is 11.4. The monoisotopic (exact) mass is 295 g/mol. The van der Waals surface area contributed by atoms with E-state index in [2.05, 4.69) is 22.0 Å². The molecule has 0 saturated carbocycles. The van der Waals surface area contributed by atoms with Crippen LogP contribution in [-0.4, -0.2) is 12.6 Å². The van der Waals surface area contributed by atoms with Gasteiger partial charge in [0.25, 0.3) is 0 Å². The van der Waals surface area contributed by atoms with E-state index in [0.717, 1.165) is 16.7 Å². The van der Waals surface area contributed by atoms with Crippen LogP contribution in [0.5, 0.6) is 0 Å². The number of hydrogen-bond donors (Lipinski definition) is 0. The third kappa shape index (κ3) is 3.57. The van der Waals surface area contributed by atoms with Gasteiger partial charge in [0, 0.05) is 5.33 Å². The number of halogens is 1. The van der Waals surface area contributed by atoms with E-state index >= 15 is 0 Å². The summed E-state index contributed by atoms with van der Waals surface area (Å²) in [7, 11) is 0. The Morgan fingerprint density at radius 3 is 2.65 bits per heavy atom. The molecule has 0 aliphatic rings. The van der Waals surface area contributed by atoms with E-state index in [0.29, 0.717) is 17.5 Å². The number of alkyl halides is 1. The van der Waals surface area contributed by atoms with Crippen molar-refractivity contribution in [3.63, 3.8) is 0 Å². The molecule has 1 rings (SSSR count). The number of rotatable bonds is 4. The Morgan fingerprint density at radius 1 is 1.47 bits per heavy atom. The average Bonchev–Trinajstić information content (AvgIpc) is 2.32. The molecule has 0 heterocycles. The highest BCUT2D eigenvalue weighted by Gasteiger charge is 2.11. The van der Waals surface area contributed by atoms with Crippen LogP contribution in [0.15, 0.2) is 12.1 Å². The lowest BCUT2D eigenvalue weighted by molar-refractivity contribution is -0.142. The van der Waals surface area contributed by atoms with Gasteiger partial charge in [0.2, 0.25) is 0 Å². The molecule has 0 N–H and O–H groups in total. The first-order valence-corrected chi connectivity index (χ1v) is 6.48. The SMILES string of the molecule is CCOC(=O)Cc1cc(C#N)cc(CBr)c1C. The molecule has 0 unspecified atom stereocenters. The van der Waals surface area contributed by atoms with Gasteiger partial charge in [0.1, 0.15) is 0 Å². The molecule has 4 heteroatoms. The van der Waals surface area contributed by atoms with E-state index in [1.807, 2.05) is 13.0 Å². The van der Waals surface area contributed by atoms with Gasteiger partial charge < -0.3 is 4.74 Å². The van der Waals surface area contributed by atoms with Crippen LogP contribution in [0, 0.1) is 18.3 Å². The van der Waals surface area contributed by atoms with Crippen LogP contribution in [0.25, 0.3) is 0 Å². The maximum Gasteiger partial charge on any atom is 0.310 e. The Bertz CT molecular complexity index is 463. The zero-order valence-corrected chi connectivity index (χ0v) is 11.5. The number of carbonyl (C=O) groups excluding carboxylic acids is 1. The molecule has 0 aliphatic carbocycles. The number of nitriles is 1. The number of nitrogens with zero attached hydrogens (tertiary/aromatic N) is 1. The second-order valence-electron chi connectivity index (χ2n) is 3.65. The minimum atomic E-state index is -0.258. The van der Waals surface area contributed by atoms with Crippen molar-refractivity contribution in [2.24, 2.45) is 0 Å². The third-order valence-electron chi connectivity index (χ3n) is 2.54. The minimum Gasteiger partial charge on any atom is -0.466 e. The lowest BCUT2D eigenvalue weighted by Gasteiger charge is -2.10. The Kier molecular flexibility index (Phi) is 5.17. The second kappa shape index (κ2) is 6.41. The first kappa shape index (κ1) is 13.7. The van der Waals surface area contributed by atoms with E-state index in [1.165, 1.54) is 0 Å². The maximum absolute atomic E-state index is 11.4. The highest BCUT2D eigenvalue weighted by Crippen LogP contribution is 2.20. The smallest absolute Gasteiger partial charge is 0.310 e. The van der Waals surface area contributed by atoms with Crippen molar-refractivity contribution in [3.8, 4) is 6.07 Å². The van der Waals surface area contributed by atoms with Gasteiger partial charge in [0.05, 0.1) is 24.7 Å². The fourth-order valence-electron chi connectivity index (χ4n) is 1.59. The van der Waals surface area contributed by atoms with Gasteiger partial charge in [-0.05, 0) is 42.7 Å². The van der Waals surface area contributed by atoms with Gasteiger partial charge in [-0.3, -0.25) is 4.79 Å². The summed E-state index contributed by atoms with van der Waals surface area (Å²) in [5.74, 6) is -0.258. The lowest BCUT2D eigenvalue weighted by Crippen LogP contribution is -2.09. The van der Waals surface area contributed by atoms with Gasteiger partial charge in [0.15, 0.2) is 0 Å². The molecule has 17 heavy (non-hydrogen) atoms. The van der Waals surface area contributed by atoms with Crippen molar-refractivity contribution in [3.05, 3.63) is 34.4 Å². The number of benzene rings is 1. The largest absolute Gasteiger partial charge is 0.466 e. The van der Waals surface area contributed by atoms with Crippen LogP contribution in [0.3, 0.4) is 0 Å². The molecule has 0 saturated heterocycles. The van der Waals surface area contributed by atoms with Gasteiger partial charge in [-0.2, -0.15) is 5.26 Å². The molecule has 0 radical (unpaired) electrons. The van der Waals surface area contributed by atoms with Crippen molar-refractivity contribution in [1.29, 1.82) is 5.26 Å². The first-order valence-electron chi connectivity index (χ1n) is 5.36. The first-order chi connectivity index (χ1) is 8.12. The number of carbonyl (C=O) groups is 1. The quantitative estimate of drug-likeness (QED) is 0.634. The van der Waals surface area contributed by atoms with Crippen molar-refractivity contribution in [2.75, 3.05) is 6.61 Å². The molecule has 0 amide bonds. The van der Waals surface area contributed by atoms with E-state index in [-0.39, 0.29) is 12.4 Å². The van der Waals surface area contributed by atoms with Gasteiger partial charge >= 0.3 is 5.97 Å². The normalized spacial score (nSPS) is 9.76. The molecule has 3 nitrogen and oxygen atoms in total. The second-order valence-corrected chi connectivity index (χ2v) is 4.21. The average molecular weight is 296 g/mol. The van der Waals surface area contributed by atoms with Gasteiger partial charge in [-0.25, -0.2) is 0 Å². The van der Waals surface area contributed by atoms with Crippen LogP contribution in [0.1, 0.15) is 29.2 Å². The summed E-state index contributed by atoms with van der Waals surface area (Å²) in [5.41, 5.74) is 3.50. The molecule has 0 aliphatic heterocycles. The summed E-state index contributed by atoms with van der Waals surface area (Å²) in [6.07, 6.45) is 0.217. The summed E-state index contributed by atoms with van der Waals surface area (Å²) in [6, 6.07) is 5.68. The zero-order valence-electron chi connectivity index (χ0n) is 9.92. The van der Waals surface area contributed by atoms with Crippen molar-refractivity contribution in [1.82, 2.24) is 0 Å². The molecular weight excluding hydrogens is 282 g/mol. The minimum absolute atomic E-state index is 0.217. The summed E-state index contributed by atoms with van der Waals surface area (Å²) >= 11 is 3.38. The summed E-state index contributed by atoms with van der Waals surface area (Å²) in [5, 5.41) is 9.60. The fraction of sp³-hybridized carbons (Fsp3) is 0.385. The number of ether oxygens (including phenoxy) is 1. The lowest BCUT2D eigenvalue weighted by atomic mass is 9.98. The highest BCUT2D eigenvalue weighted by atomic mass is 79.9. The Labute approximate surface area is 110 Å². The van der Waals surface area contributed by atoms with Crippen LogP contribution in [-0.2, 0) is 21.3 Å². The topological polar surface area (TPSA) is 50.1 Å². The predicted molar refractivity (Wildman–Crippen MR) is 68.9 cm³/mol. The molecule has 0 bridgehead atoms. The fourth-order valence-corrected chi connectivity index (χ4v) is 2.18. The third-order valence-corrected chi connectivity index (χ3v) is 3.14. The molecule has 0 fully saturated rings. The van der Waals surface area contributed by atoms with Crippen LogP contribution in [0.2, 0.25) is 0 Å². The molecule has 0 atom stereocenters. The van der Waals surface area contributed by atoms with Crippen molar-refractivity contribution >= 4 is 21.9 Å². The van der Waals surface area contributed by atoms with Gasteiger partial charge in [-0.15, -0.1) is 0 Å². The Hall–Kier alpha value is -1.34. The number of esters is 1. The predicted octanol–water partition coefficient (Wildman–Crippen LogP) is 2.87. The van der Waals surface area contributed by atoms with Crippen LogP contribution < -0.4 is 0 Å². The standard InChI is InChI=1S/C13H14BrNO2/c1-3-17-13(16)6-11-4-10(8-15)5-12(7-14)9(11)2/h4-5H,3,6-7H2,1-2H3. The summed E-state index contributed by atoms with van der Waals surface area (Å²) < 4.78 is 4.91. The van der Waals surface area contributed by atoms with E-state index in [9.17, 15) is 4.79 Å². The molecule has 90 valence electrons. The van der Waals surface area contributed by atoms with Crippen LogP contribution in [0.4, 0.5) is 0 Å². The van der Waals surface area contributed by atoms with E-state index in [1.54, 1.807) is 13.0 Å². The molecular formula is C13H14BrNO2. The molecule has 1 aromatic rings. The maximum atomic E-state index is 11.4. The van der Waals surface area contributed by atoms with E-state index in [4.69, 9.17) is 10.00 Å². The Morgan fingerprint density at radius 2 is 2.12 bits per heavy atom. The molecule has 0 spiro atoms. The van der Waals surface area contributed by atoms with Crippen molar-refractivity contribution in [2.45, 2.75) is 25.6 Å². The van der Waals surface area contributed by atoms with E-state index < -0.39 is 0 Å². The molecule has 1 aromatic carbocycles. The number of hydrogen-bond acceptors (Lipinski definition) is 3.